The number of fused-ring (bicyclic) bond motifs is 3. The van der Waals surface area contributed by atoms with E-state index in [2.05, 4.69) is 56.3 Å². The van der Waals surface area contributed by atoms with E-state index < -0.39 is 0 Å². The Bertz CT molecular complexity index is 786. The molecule has 0 N–H and O–H groups in total. The Labute approximate surface area is 202 Å². The molecule has 29 heavy (non-hydrogen) atoms. The van der Waals surface area contributed by atoms with Gasteiger partial charge >= 0.3 is 41.3 Å². The Hall–Kier alpha value is -1.53. The fourth-order valence-corrected chi connectivity index (χ4v) is 2.64. The molecule has 0 heterocycles. The summed E-state index contributed by atoms with van der Waals surface area (Å²) in [7, 11) is 0. The van der Waals surface area contributed by atoms with E-state index in [1.165, 1.54) is 25.5 Å². The third kappa shape index (κ3) is 10.7. The van der Waals surface area contributed by atoms with Gasteiger partial charge in [-0.3, -0.25) is 0 Å². The van der Waals surface area contributed by atoms with E-state index in [4.69, 9.17) is 0 Å². The topological polar surface area (TPSA) is 0 Å². The van der Waals surface area contributed by atoms with Gasteiger partial charge < -0.3 is 0 Å². The SMILES string of the molecule is C[C](C)=[Zr].Cl.Cl.[c-]1cccc2c1Cc1ccccc1-2.c1cc[cH-]c1.c1cc[cH-]c1. The molecule has 0 fully saturated rings. The van der Waals surface area contributed by atoms with Crippen LogP contribution in [-0.4, -0.2) is 3.21 Å². The van der Waals surface area contributed by atoms with Crippen molar-refractivity contribution in [3.63, 3.8) is 0 Å². The third-order valence-electron chi connectivity index (χ3n) is 3.73. The second-order valence-corrected chi connectivity index (χ2v) is 8.78. The maximum Gasteiger partial charge on any atom is -0.0253 e. The quantitative estimate of drug-likeness (QED) is 0.193. The Morgan fingerprint density at radius 1 is 0.759 bits per heavy atom. The van der Waals surface area contributed by atoms with Crippen LogP contribution in [0.3, 0.4) is 0 Å². The molecule has 1 aliphatic rings. The molecule has 0 saturated heterocycles. The summed E-state index contributed by atoms with van der Waals surface area (Å²) in [4.78, 5) is 0. The molecular weight excluding hydrogens is 474 g/mol. The van der Waals surface area contributed by atoms with Crippen molar-refractivity contribution in [3.05, 3.63) is 120 Å². The summed E-state index contributed by atoms with van der Waals surface area (Å²) in [6.07, 6.45) is 1.05. The van der Waals surface area contributed by atoms with E-state index in [1.54, 1.807) is 24.2 Å². The van der Waals surface area contributed by atoms with Crippen LogP contribution in [-0.2, 0) is 30.7 Å². The first-order chi connectivity index (χ1) is 13.2. The molecule has 152 valence electrons. The molecule has 0 nitrogen and oxygen atoms in total. The van der Waals surface area contributed by atoms with Crippen molar-refractivity contribution < 1.29 is 24.2 Å². The number of hydrogen-bond donors (Lipinski definition) is 0. The first-order valence-electron chi connectivity index (χ1n) is 9.11. The molecule has 0 unspecified atom stereocenters. The predicted octanol–water partition coefficient (Wildman–Crippen LogP) is 7.46. The standard InChI is InChI=1S/C13H9.2C5H5.C3H6.2ClH.Zr/c1-3-7-12-10(5-1)9-11-6-2-4-8-13(11)12;2*1-2-4-5-3-1;1-3-2;;;/h1-5,7-8H,9H2;2*1-5H;1-2H3;2*1H;/q3*-1;;;;. The Morgan fingerprint density at radius 3 is 1.72 bits per heavy atom. The van der Waals surface area contributed by atoms with E-state index in [1.807, 2.05) is 66.7 Å². The fourth-order valence-electron chi connectivity index (χ4n) is 2.64. The molecular formula is C26H27Cl2Zr-3. The van der Waals surface area contributed by atoms with Crippen LogP contribution in [0.2, 0.25) is 0 Å². The first kappa shape index (κ1) is 27.5. The van der Waals surface area contributed by atoms with Crippen molar-refractivity contribution in [2.24, 2.45) is 0 Å². The van der Waals surface area contributed by atoms with Gasteiger partial charge in [0.2, 0.25) is 0 Å². The largest absolute Gasteiger partial charge is 0.214 e. The fraction of sp³-hybridized carbons (Fsp3) is 0.115. The van der Waals surface area contributed by atoms with Crippen LogP contribution in [0.25, 0.3) is 11.1 Å². The Kier molecular flexibility index (Phi) is 15.4. The van der Waals surface area contributed by atoms with Crippen LogP contribution in [0.5, 0.6) is 0 Å². The maximum atomic E-state index is 3.30. The second-order valence-electron chi connectivity index (χ2n) is 6.32. The molecule has 0 radical (unpaired) electrons. The third-order valence-corrected chi connectivity index (χ3v) is 3.73. The molecule has 0 amide bonds. The van der Waals surface area contributed by atoms with Gasteiger partial charge in [0.15, 0.2) is 0 Å². The minimum atomic E-state index is 0. The predicted molar refractivity (Wildman–Crippen MR) is 128 cm³/mol. The number of hydrogen-bond acceptors (Lipinski definition) is 0. The summed E-state index contributed by atoms with van der Waals surface area (Å²) >= 11 is 1.55. The van der Waals surface area contributed by atoms with Gasteiger partial charge in [-0.15, -0.1) is 30.4 Å². The molecule has 0 saturated carbocycles. The van der Waals surface area contributed by atoms with Crippen molar-refractivity contribution in [1.29, 1.82) is 0 Å². The smallest absolute Gasteiger partial charge is 0.0253 e. The second kappa shape index (κ2) is 16.3. The molecule has 0 aromatic heterocycles. The Morgan fingerprint density at radius 2 is 1.24 bits per heavy atom. The van der Waals surface area contributed by atoms with Crippen molar-refractivity contribution in [3.8, 4) is 11.1 Å². The van der Waals surface area contributed by atoms with Gasteiger partial charge in [0.1, 0.15) is 0 Å². The minimum absolute atomic E-state index is 0. The van der Waals surface area contributed by atoms with Crippen LogP contribution >= 0.6 is 24.8 Å². The van der Waals surface area contributed by atoms with Crippen molar-refractivity contribution in [2.45, 2.75) is 20.3 Å². The zero-order chi connectivity index (χ0) is 19.3. The average molecular weight is 502 g/mol. The molecule has 0 bridgehead atoms. The van der Waals surface area contributed by atoms with Gasteiger partial charge in [-0.1, -0.05) is 35.4 Å². The number of halogens is 2. The molecule has 1 aliphatic carbocycles. The van der Waals surface area contributed by atoms with Crippen LogP contribution < -0.4 is 0 Å². The molecule has 3 heteroatoms. The van der Waals surface area contributed by atoms with Crippen LogP contribution in [0.1, 0.15) is 25.0 Å². The van der Waals surface area contributed by atoms with Gasteiger partial charge in [0.25, 0.3) is 0 Å². The van der Waals surface area contributed by atoms with Gasteiger partial charge in [0.05, 0.1) is 0 Å². The van der Waals surface area contributed by atoms with E-state index >= 15 is 0 Å². The zero-order valence-electron chi connectivity index (χ0n) is 16.8. The molecule has 0 aliphatic heterocycles. The molecule has 5 rings (SSSR count). The monoisotopic (exact) mass is 499 g/mol. The zero-order valence-corrected chi connectivity index (χ0v) is 20.9. The summed E-state index contributed by atoms with van der Waals surface area (Å²) in [5.41, 5.74) is 5.51. The summed E-state index contributed by atoms with van der Waals surface area (Å²) < 4.78 is 1.51. The van der Waals surface area contributed by atoms with E-state index in [0.717, 1.165) is 6.42 Å². The van der Waals surface area contributed by atoms with Gasteiger partial charge in [-0.2, -0.15) is 66.2 Å². The number of rotatable bonds is 0. The summed E-state index contributed by atoms with van der Waals surface area (Å²) in [6, 6.07) is 38.1. The summed E-state index contributed by atoms with van der Waals surface area (Å²) in [5.74, 6) is 0. The minimum Gasteiger partial charge on any atom is -0.214 e. The van der Waals surface area contributed by atoms with Crippen molar-refractivity contribution in [1.82, 2.24) is 0 Å². The molecule has 0 atom stereocenters. The number of benzene rings is 2. The normalized spacial score (nSPS) is 9.14. The molecule has 0 spiro atoms. The van der Waals surface area contributed by atoms with E-state index in [-0.39, 0.29) is 24.8 Å². The molecule has 4 aromatic carbocycles. The van der Waals surface area contributed by atoms with Crippen molar-refractivity contribution in [2.75, 3.05) is 0 Å². The average Bonchev–Trinajstić information content (AvgIpc) is 3.45. The van der Waals surface area contributed by atoms with Gasteiger partial charge in [-0.25, -0.2) is 24.3 Å². The van der Waals surface area contributed by atoms with E-state index in [9.17, 15) is 0 Å². The maximum absolute atomic E-state index is 3.30. The Balaban J connectivity index is 0.000000413. The van der Waals surface area contributed by atoms with Crippen LogP contribution in [0.15, 0.2) is 103 Å². The van der Waals surface area contributed by atoms with Gasteiger partial charge in [0, 0.05) is 0 Å². The summed E-state index contributed by atoms with van der Waals surface area (Å²) in [6.45, 7) is 4.25. The van der Waals surface area contributed by atoms with Crippen LogP contribution in [0.4, 0.5) is 0 Å². The first-order valence-corrected chi connectivity index (χ1v) is 10.3. The van der Waals surface area contributed by atoms with Crippen LogP contribution in [0, 0.1) is 6.07 Å². The van der Waals surface area contributed by atoms with E-state index in [0.29, 0.717) is 0 Å². The summed E-state index contributed by atoms with van der Waals surface area (Å²) in [5, 5.41) is 0. The van der Waals surface area contributed by atoms with Gasteiger partial charge in [-0.05, 0) is 6.42 Å². The van der Waals surface area contributed by atoms with Crippen molar-refractivity contribution >= 4 is 28.0 Å². The molecule has 4 aromatic rings.